The van der Waals surface area contributed by atoms with E-state index in [9.17, 15) is 0 Å². The summed E-state index contributed by atoms with van der Waals surface area (Å²) in [6.07, 6.45) is 6.54. The highest BCUT2D eigenvalue weighted by Crippen LogP contribution is 2.43. The van der Waals surface area contributed by atoms with E-state index in [-0.39, 0.29) is 0 Å². The topological polar surface area (TPSA) is 38.3 Å². The quantitative estimate of drug-likeness (QED) is 0.835. The highest BCUT2D eigenvalue weighted by molar-refractivity contribution is 6.29. The third kappa shape index (κ3) is 3.16. The first-order valence-electron chi connectivity index (χ1n) is 8.03. The van der Waals surface area contributed by atoms with Crippen LogP contribution in [0.5, 0.6) is 5.88 Å². The third-order valence-corrected chi connectivity index (χ3v) is 5.46. The maximum Gasteiger partial charge on any atom is 0.233 e. The molecule has 0 aromatic carbocycles. The zero-order valence-electron chi connectivity index (χ0n) is 12.8. The summed E-state index contributed by atoms with van der Waals surface area (Å²) in [6.45, 7) is 3.02. The van der Waals surface area contributed by atoms with E-state index in [1.54, 1.807) is 12.1 Å². The van der Waals surface area contributed by atoms with Crippen molar-refractivity contribution >= 4 is 11.6 Å². The summed E-state index contributed by atoms with van der Waals surface area (Å²) in [5, 5.41) is 8.24. The van der Waals surface area contributed by atoms with Crippen LogP contribution in [0.25, 0.3) is 0 Å². The van der Waals surface area contributed by atoms with Gasteiger partial charge in [-0.15, -0.1) is 10.2 Å². The highest BCUT2D eigenvalue weighted by Gasteiger charge is 2.45. The van der Waals surface area contributed by atoms with Crippen LogP contribution in [0.2, 0.25) is 5.15 Å². The van der Waals surface area contributed by atoms with E-state index in [2.05, 4.69) is 29.1 Å². The van der Waals surface area contributed by atoms with Crippen LogP contribution >= 0.6 is 11.6 Å². The second kappa shape index (κ2) is 6.49. The number of nitrogens with zero attached hydrogens (tertiary/aromatic N) is 3. The summed E-state index contributed by atoms with van der Waals surface area (Å²) >= 11 is 5.76. The molecule has 0 radical (unpaired) electrons. The van der Waals surface area contributed by atoms with Crippen molar-refractivity contribution in [2.24, 2.45) is 11.8 Å². The molecule has 2 aliphatic rings. The van der Waals surface area contributed by atoms with Crippen molar-refractivity contribution in [3.05, 3.63) is 17.3 Å². The molecule has 1 aromatic heterocycles. The summed E-state index contributed by atoms with van der Waals surface area (Å²) in [5.41, 5.74) is 0. The molecular formula is C16H24ClN3O. The second-order valence-corrected chi connectivity index (χ2v) is 6.80. The molecule has 4 nitrogen and oxygen atoms in total. The lowest BCUT2D eigenvalue weighted by Gasteiger charge is -2.42. The predicted molar refractivity (Wildman–Crippen MR) is 83.6 cm³/mol. The molecule has 2 unspecified atom stereocenters. The molecule has 0 aliphatic carbocycles. The van der Waals surface area contributed by atoms with Crippen LogP contribution in [0.1, 0.15) is 39.0 Å². The fourth-order valence-corrected chi connectivity index (χ4v) is 4.29. The molecule has 0 N–H and O–H groups in total. The zero-order valence-corrected chi connectivity index (χ0v) is 13.6. The van der Waals surface area contributed by atoms with Crippen molar-refractivity contribution in [2.75, 3.05) is 13.7 Å². The normalized spacial score (nSPS) is 32.3. The average molecular weight is 310 g/mol. The van der Waals surface area contributed by atoms with E-state index in [0.29, 0.717) is 23.0 Å². The maximum atomic E-state index is 5.92. The van der Waals surface area contributed by atoms with Gasteiger partial charge in [-0.1, -0.05) is 31.4 Å². The van der Waals surface area contributed by atoms with Crippen molar-refractivity contribution in [1.29, 1.82) is 0 Å². The Hall–Kier alpha value is -0.870. The Kier molecular flexibility index (Phi) is 4.65. The van der Waals surface area contributed by atoms with Crippen LogP contribution in [-0.2, 0) is 0 Å². The lowest BCUT2D eigenvalue weighted by atomic mass is 9.78. The molecule has 1 aromatic rings. The van der Waals surface area contributed by atoms with E-state index in [1.807, 2.05) is 0 Å². The Morgan fingerprint density at radius 1 is 1.33 bits per heavy atom. The van der Waals surface area contributed by atoms with Crippen LogP contribution in [0.3, 0.4) is 0 Å². The molecule has 0 amide bonds. The van der Waals surface area contributed by atoms with Gasteiger partial charge in [0, 0.05) is 24.1 Å². The Morgan fingerprint density at radius 2 is 2.19 bits per heavy atom. The fraction of sp³-hybridized carbons (Fsp3) is 0.750. The Balaban J connectivity index is 1.66. The van der Waals surface area contributed by atoms with Gasteiger partial charge < -0.3 is 9.64 Å². The number of hydrogen-bond donors (Lipinski definition) is 0. The van der Waals surface area contributed by atoms with Gasteiger partial charge in [0.05, 0.1) is 6.61 Å². The predicted octanol–water partition coefficient (Wildman–Crippen LogP) is 3.41. The molecule has 116 valence electrons. The van der Waals surface area contributed by atoms with Gasteiger partial charge in [0.25, 0.3) is 0 Å². The molecule has 2 fully saturated rings. The number of halogens is 1. The van der Waals surface area contributed by atoms with Gasteiger partial charge in [0.2, 0.25) is 5.88 Å². The molecular weight excluding hydrogens is 286 g/mol. The summed E-state index contributed by atoms with van der Waals surface area (Å²) in [6, 6.07) is 4.99. The number of hydrogen-bond acceptors (Lipinski definition) is 4. The SMILES string of the molecule is CCC[C@H]1CC2CCC([C@@H]1COc1ccc(Cl)nn1)N2C. The first-order chi connectivity index (χ1) is 10.2. The number of aromatic nitrogens is 2. The van der Waals surface area contributed by atoms with E-state index >= 15 is 0 Å². The van der Waals surface area contributed by atoms with Gasteiger partial charge >= 0.3 is 0 Å². The monoisotopic (exact) mass is 309 g/mol. The van der Waals surface area contributed by atoms with Gasteiger partial charge in [-0.3, -0.25) is 0 Å². The summed E-state index contributed by atoms with van der Waals surface area (Å²) in [7, 11) is 2.28. The lowest BCUT2D eigenvalue weighted by Crippen LogP contribution is -2.48. The lowest BCUT2D eigenvalue weighted by molar-refractivity contribution is 0.0325. The average Bonchev–Trinajstić information content (AvgIpc) is 2.72. The largest absolute Gasteiger partial charge is 0.476 e. The molecule has 0 spiro atoms. The first-order valence-corrected chi connectivity index (χ1v) is 8.40. The number of fused-ring (bicyclic) bond motifs is 2. The van der Waals surface area contributed by atoms with E-state index < -0.39 is 0 Å². The second-order valence-electron chi connectivity index (χ2n) is 6.42. The minimum absolute atomic E-state index is 0.405. The van der Waals surface area contributed by atoms with Gasteiger partial charge in [-0.2, -0.15) is 0 Å². The molecule has 4 atom stereocenters. The number of piperidine rings is 1. The summed E-state index contributed by atoms with van der Waals surface area (Å²) in [5.74, 6) is 1.97. The third-order valence-electron chi connectivity index (χ3n) is 5.26. The highest BCUT2D eigenvalue weighted by atomic mass is 35.5. The van der Waals surface area contributed by atoms with Gasteiger partial charge in [0.15, 0.2) is 5.15 Å². The van der Waals surface area contributed by atoms with Crippen molar-refractivity contribution in [2.45, 2.75) is 51.1 Å². The van der Waals surface area contributed by atoms with Crippen molar-refractivity contribution in [1.82, 2.24) is 15.1 Å². The fourth-order valence-electron chi connectivity index (χ4n) is 4.19. The molecule has 5 heteroatoms. The van der Waals surface area contributed by atoms with Gasteiger partial charge in [0.1, 0.15) is 0 Å². The van der Waals surface area contributed by atoms with E-state index in [1.165, 1.54) is 32.1 Å². The molecule has 2 bridgehead atoms. The van der Waals surface area contributed by atoms with E-state index in [0.717, 1.165) is 18.6 Å². The first kappa shape index (κ1) is 15.0. The van der Waals surface area contributed by atoms with E-state index in [4.69, 9.17) is 16.3 Å². The standard InChI is InChI=1S/C16H24ClN3O/c1-3-4-11-9-12-5-6-14(20(12)2)13(11)10-21-16-8-7-15(17)18-19-16/h7-8,11-14H,3-6,9-10H2,1-2H3/t11-,12?,13+,14?/m0/s1. The maximum absolute atomic E-state index is 5.92. The Bertz CT molecular complexity index is 467. The van der Waals surface area contributed by atoms with Crippen LogP contribution in [0, 0.1) is 11.8 Å². The van der Waals surface area contributed by atoms with Crippen LogP contribution in [0.15, 0.2) is 12.1 Å². The minimum Gasteiger partial charge on any atom is -0.476 e. The van der Waals surface area contributed by atoms with Crippen LogP contribution in [0.4, 0.5) is 0 Å². The summed E-state index contributed by atoms with van der Waals surface area (Å²) < 4.78 is 5.92. The van der Waals surface area contributed by atoms with Crippen molar-refractivity contribution < 1.29 is 4.74 Å². The van der Waals surface area contributed by atoms with Crippen LogP contribution in [-0.4, -0.2) is 40.8 Å². The number of ether oxygens (including phenoxy) is 1. The minimum atomic E-state index is 0.405. The number of rotatable bonds is 5. The van der Waals surface area contributed by atoms with Crippen LogP contribution < -0.4 is 4.74 Å². The van der Waals surface area contributed by atoms with Gasteiger partial charge in [-0.05, 0) is 38.3 Å². The summed E-state index contributed by atoms with van der Waals surface area (Å²) in [4.78, 5) is 2.58. The molecule has 3 rings (SSSR count). The van der Waals surface area contributed by atoms with Crippen molar-refractivity contribution in [3.63, 3.8) is 0 Å². The molecule has 2 aliphatic heterocycles. The molecule has 2 saturated heterocycles. The molecule has 21 heavy (non-hydrogen) atoms. The molecule has 3 heterocycles. The van der Waals surface area contributed by atoms with Gasteiger partial charge in [-0.25, -0.2) is 0 Å². The molecule has 0 saturated carbocycles. The Labute approximate surface area is 131 Å². The zero-order chi connectivity index (χ0) is 14.8. The smallest absolute Gasteiger partial charge is 0.233 e. The Morgan fingerprint density at radius 3 is 2.90 bits per heavy atom. The van der Waals surface area contributed by atoms with Crippen molar-refractivity contribution in [3.8, 4) is 5.88 Å².